The highest BCUT2D eigenvalue weighted by atomic mass is 127. The first-order valence-corrected chi connectivity index (χ1v) is 3.93. The fourth-order valence-electron chi connectivity index (χ4n) is 0.769. The molecule has 2 nitrogen and oxygen atoms in total. The molecule has 0 amide bonds. The van der Waals surface area contributed by atoms with E-state index in [0.29, 0.717) is 0 Å². The summed E-state index contributed by atoms with van der Waals surface area (Å²) in [5.74, 6) is -1.48. The summed E-state index contributed by atoms with van der Waals surface area (Å²) in [5, 5.41) is 9.02. The Hall–Kier alpha value is -0.270. The number of halogens is 3. The van der Waals surface area contributed by atoms with Gasteiger partial charge in [-0.3, -0.25) is 3.07 Å². The van der Waals surface area contributed by atoms with E-state index in [1.807, 2.05) is 0 Å². The van der Waals surface area contributed by atoms with Crippen LogP contribution in [-0.2, 0) is 3.07 Å². The molecule has 1 aromatic carbocycles. The molecule has 66 valence electrons. The summed E-state index contributed by atoms with van der Waals surface area (Å²) in [4.78, 5) is 0. The van der Waals surface area contributed by atoms with E-state index >= 15 is 0 Å². The van der Waals surface area contributed by atoms with E-state index in [0.717, 1.165) is 18.2 Å². The molecule has 0 aliphatic rings. The first-order chi connectivity index (χ1) is 5.63. The van der Waals surface area contributed by atoms with Crippen molar-refractivity contribution in [3.8, 4) is 0 Å². The van der Waals surface area contributed by atoms with Crippen LogP contribution in [0.2, 0.25) is 0 Å². The van der Waals surface area contributed by atoms with Gasteiger partial charge in [0.2, 0.25) is 0 Å². The molecular formula is C7H5F2IO2. The molecule has 1 unspecified atom stereocenters. The summed E-state index contributed by atoms with van der Waals surface area (Å²) in [6.07, 6.45) is -1.30. The fourth-order valence-corrected chi connectivity index (χ4v) is 1.06. The van der Waals surface area contributed by atoms with Gasteiger partial charge in [-0.25, -0.2) is 8.78 Å². The Morgan fingerprint density at radius 3 is 2.17 bits per heavy atom. The van der Waals surface area contributed by atoms with Gasteiger partial charge in [0.05, 0.1) is 0 Å². The summed E-state index contributed by atoms with van der Waals surface area (Å²) in [5.41, 5.74) is 0.0573. The molecule has 0 aliphatic heterocycles. The van der Waals surface area contributed by atoms with Gasteiger partial charge in [-0.15, -0.1) is 0 Å². The lowest BCUT2D eigenvalue weighted by molar-refractivity contribution is 0.0162. The predicted octanol–water partition coefficient (Wildman–Crippen LogP) is 2.32. The zero-order valence-electron chi connectivity index (χ0n) is 5.80. The van der Waals surface area contributed by atoms with Gasteiger partial charge in [0.1, 0.15) is 34.6 Å². The maximum atomic E-state index is 12.5. The molecule has 1 rings (SSSR count). The lowest BCUT2D eigenvalue weighted by Crippen LogP contribution is -1.97. The third kappa shape index (κ3) is 2.36. The number of hydrogen-bond donors (Lipinski definition) is 1. The van der Waals surface area contributed by atoms with Gasteiger partial charge in [0.25, 0.3) is 0 Å². The zero-order chi connectivity index (χ0) is 9.14. The maximum Gasteiger partial charge on any atom is 0.192 e. The standard InChI is InChI=1S/C7H5F2IO2/c8-5-1-4(7(11)12-10)2-6(9)3-5/h1-3,7,11H. The van der Waals surface area contributed by atoms with Crippen molar-refractivity contribution in [2.24, 2.45) is 0 Å². The minimum Gasteiger partial charge on any atom is -0.364 e. The van der Waals surface area contributed by atoms with E-state index < -0.39 is 17.9 Å². The van der Waals surface area contributed by atoms with Crippen molar-refractivity contribution in [1.82, 2.24) is 0 Å². The van der Waals surface area contributed by atoms with Gasteiger partial charge in [-0.1, -0.05) is 0 Å². The first-order valence-electron chi connectivity index (χ1n) is 3.05. The van der Waals surface area contributed by atoms with Gasteiger partial charge in [0.15, 0.2) is 6.29 Å². The van der Waals surface area contributed by atoms with Gasteiger partial charge in [0, 0.05) is 11.6 Å². The van der Waals surface area contributed by atoms with Crippen molar-refractivity contribution < 1.29 is 17.0 Å². The van der Waals surface area contributed by atoms with Crippen molar-refractivity contribution in [3.05, 3.63) is 35.4 Å². The SMILES string of the molecule is OC(OI)c1cc(F)cc(F)c1. The van der Waals surface area contributed by atoms with Crippen LogP contribution < -0.4 is 0 Å². The maximum absolute atomic E-state index is 12.5. The van der Waals surface area contributed by atoms with E-state index in [-0.39, 0.29) is 5.56 Å². The minimum absolute atomic E-state index is 0.0573. The Morgan fingerprint density at radius 2 is 1.75 bits per heavy atom. The molecule has 0 heterocycles. The van der Waals surface area contributed by atoms with E-state index in [4.69, 9.17) is 5.11 Å². The van der Waals surface area contributed by atoms with Gasteiger partial charge in [-0.2, -0.15) is 0 Å². The Balaban J connectivity index is 3.00. The van der Waals surface area contributed by atoms with Crippen LogP contribution in [0.4, 0.5) is 8.78 Å². The molecular weight excluding hydrogens is 281 g/mol. The van der Waals surface area contributed by atoms with Crippen molar-refractivity contribution in [1.29, 1.82) is 0 Å². The van der Waals surface area contributed by atoms with Crippen LogP contribution >= 0.6 is 23.0 Å². The van der Waals surface area contributed by atoms with Crippen molar-refractivity contribution in [2.45, 2.75) is 6.29 Å². The molecule has 0 bridgehead atoms. The predicted molar refractivity (Wildman–Crippen MR) is 46.4 cm³/mol. The lowest BCUT2D eigenvalue weighted by atomic mass is 10.2. The van der Waals surface area contributed by atoms with Crippen molar-refractivity contribution >= 4 is 23.0 Å². The molecule has 0 spiro atoms. The zero-order valence-corrected chi connectivity index (χ0v) is 7.96. The first kappa shape index (κ1) is 9.82. The monoisotopic (exact) mass is 286 g/mol. The van der Waals surface area contributed by atoms with Crippen LogP contribution in [0, 0.1) is 11.6 Å². The van der Waals surface area contributed by atoms with Crippen LogP contribution in [0.15, 0.2) is 18.2 Å². The normalized spacial score (nSPS) is 13.0. The van der Waals surface area contributed by atoms with Crippen molar-refractivity contribution in [3.63, 3.8) is 0 Å². The van der Waals surface area contributed by atoms with E-state index in [1.54, 1.807) is 0 Å². The molecule has 1 aromatic rings. The molecule has 0 aromatic heterocycles. The smallest absolute Gasteiger partial charge is 0.192 e. The third-order valence-corrected chi connectivity index (χ3v) is 1.74. The van der Waals surface area contributed by atoms with E-state index in [1.165, 1.54) is 23.0 Å². The Kier molecular flexibility index (Phi) is 3.36. The lowest BCUT2D eigenvalue weighted by Gasteiger charge is -2.06. The second kappa shape index (κ2) is 4.11. The van der Waals surface area contributed by atoms with Gasteiger partial charge in [-0.05, 0) is 12.1 Å². The summed E-state index contributed by atoms with van der Waals surface area (Å²) in [6, 6.07) is 2.74. The van der Waals surface area contributed by atoms with Crippen LogP contribution in [0.3, 0.4) is 0 Å². The molecule has 0 fully saturated rings. The average molecular weight is 286 g/mol. The Labute approximate surface area is 81.8 Å². The topological polar surface area (TPSA) is 29.5 Å². The fraction of sp³-hybridized carbons (Fsp3) is 0.143. The highest BCUT2D eigenvalue weighted by Gasteiger charge is 2.09. The Bertz CT molecular complexity index is 260. The molecule has 0 radical (unpaired) electrons. The second-order valence-corrected chi connectivity index (χ2v) is 2.65. The Morgan fingerprint density at radius 1 is 1.25 bits per heavy atom. The van der Waals surface area contributed by atoms with Crippen LogP contribution in [0.5, 0.6) is 0 Å². The molecule has 12 heavy (non-hydrogen) atoms. The molecule has 0 aliphatic carbocycles. The van der Waals surface area contributed by atoms with Gasteiger partial charge < -0.3 is 5.11 Å². The molecule has 5 heteroatoms. The number of benzene rings is 1. The molecule has 1 N–H and O–H groups in total. The largest absolute Gasteiger partial charge is 0.364 e. The molecule has 0 saturated carbocycles. The number of rotatable bonds is 2. The average Bonchev–Trinajstić information content (AvgIpc) is 2.01. The number of hydrogen-bond acceptors (Lipinski definition) is 2. The summed E-state index contributed by atoms with van der Waals surface area (Å²) < 4.78 is 29.5. The highest BCUT2D eigenvalue weighted by molar-refractivity contribution is 14.1. The van der Waals surface area contributed by atoms with Crippen LogP contribution in [-0.4, -0.2) is 5.11 Å². The molecule has 1 atom stereocenters. The summed E-state index contributed by atoms with van der Waals surface area (Å²) in [6.45, 7) is 0. The molecule has 0 saturated heterocycles. The van der Waals surface area contributed by atoms with Crippen LogP contribution in [0.1, 0.15) is 11.9 Å². The quantitative estimate of drug-likeness (QED) is 0.668. The van der Waals surface area contributed by atoms with Gasteiger partial charge >= 0.3 is 0 Å². The summed E-state index contributed by atoms with van der Waals surface area (Å²) >= 11 is 1.45. The minimum atomic E-state index is -1.30. The second-order valence-electron chi connectivity index (χ2n) is 2.14. The summed E-state index contributed by atoms with van der Waals surface area (Å²) in [7, 11) is 0. The number of aliphatic hydroxyl groups excluding tert-OH is 1. The third-order valence-electron chi connectivity index (χ3n) is 1.25. The van der Waals surface area contributed by atoms with Crippen LogP contribution in [0.25, 0.3) is 0 Å². The highest BCUT2D eigenvalue weighted by Crippen LogP contribution is 2.18. The number of aliphatic hydroxyl groups is 1. The van der Waals surface area contributed by atoms with Crippen molar-refractivity contribution in [2.75, 3.05) is 0 Å². The van der Waals surface area contributed by atoms with E-state index in [2.05, 4.69) is 3.07 Å². The van der Waals surface area contributed by atoms with E-state index in [9.17, 15) is 8.78 Å².